The van der Waals surface area contributed by atoms with Gasteiger partial charge in [0.25, 0.3) is 0 Å². The Morgan fingerprint density at radius 2 is 2.00 bits per heavy atom. The Labute approximate surface area is 116 Å². The van der Waals surface area contributed by atoms with Gasteiger partial charge in [0.15, 0.2) is 0 Å². The minimum absolute atomic E-state index is 0.489. The van der Waals surface area contributed by atoms with Crippen molar-refractivity contribution >= 4 is 28.2 Å². The molecule has 0 saturated carbocycles. The van der Waals surface area contributed by atoms with Crippen molar-refractivity contribution in [3.63, 3.8) is 0 Å². The van der Waals surface area contributed by atoms with Crippen molar-refractivity contribution in [2.45, 2.75) is 6.92 Å². The van der Waals surface area contributed by atoms with Crippen LogP contribution in [0.25, 0.3) is 21.9 Å². The van der Waals surface area contributed by atoms with E-state index in [0.29, 0.717) is 10.8 Å². The van der Waals surface area contributed by atoms with Gasteiger partial charge in [-0.25, -0.2) is 4.98 Å². The third kappa shape index (κ3) is 2.13. The zero-order chi connectivity index (χ0) is 13.4. The molecule has 2 N–H and O–H groups in total. The predicted octanol–water partition coefficient (Wildman–Crippen LogP) is 3.84. The van der Waals surface area contributed by atoms with Crippen LogP contribution in [0.15, 0.2) is 42.9 Å². The number of hydrogen-bond acceptors (Lipinski definition) is 3. The molecule has 19 heavy (non-hydrogen) atoms. The number of aryl methyl sites for hydroxylation is 1. The smallest absolute Gasteiger partial charge is 0.123 e. The second-order valence-electron chi connectivity index (χ2n) is 4.48. The van der Waals surface area contributed by atoms with Gasteiger partial charge in [0.2, 0.25) is 0 Å². The maximum atomic E-state index is 6.32. The Morgan fingerprint density at radius 1 is 1.16 bits per heavy atom. The van der Waals surface area contributed by atoms with Crippen LogP contribution in [0.2, 0.25) is 5.02 Å². The second kappa shape index (κ2) is 4.52. The summed E-state index contributed by atoms with van der Waals surface area (Å²) in [6.45, 7) is 2.05. The molecule has 0 spiro atoms. The average molecular weight is 270 g/mol. The molecule has 3 nitrogen and oxygen atoms in total. The second-order valence-corrected chi connectivity index (χ2v) is 4.89. The van der Waals surface area contributed by atoms with E-state index in [1.807, 2.05) is 24.4 Å². The number of anilines is 1. The number of benzene rings is 1. The fourth-order valence-corrected chi connectivity index (χ4v) is 2.43. The Bertz CT molecular complexity index is 768. The Hall–Kier alpha value is -2.13. The van der Waals surface area contributed by atoms with Crippen LogP contribution in [-0.4, -0.2) is 9.97 Å². The molecule has 0 aliphatic heterocycles. The molecule has 3 aromatic rings. The highest BCUT2D eigenvalue weighted by Crippen LogP contribution is 2.32. The monoisotopic (exact) mass is 269 g/mol. The molecule has 0 atom stereocenters. The van der Waals surface area contributed by atoms with Crippen molar-refractivity contribution in [3.05, 3.63) is 53.4 Å². The largest absolute Gasteiger partial charge is 0.384 e. The van der Waals surface area contributed by atoms with E-state index in [4.69, 9.17) is 17.3 Å². The van der Waals surface area contributed by atoms with E-state index in [9.17, 15) is 0 Å². The molecular formula is C15H12ClN3. The summed E-state index contributed by atoms with van der Waals surface area (Å²) in [4.78, 5) is 8.24. The van der Waals surface area contributed by atoms with Gasteiger partial charge in [0.1, 0.15) is 5.82 Å². The van der Waals surface area contributed by atoms with Crippen LogP contribution in [-0.2, 0) is 0 Å². The topological polar surface area (TPSA) is 51.8 Å². The lowest BCUT2D eigenvalue weighted by Gasteiger charge is -2.08. The van der Waals surface area contributed by atoms with Crippen molar-refractivity contribution in [3.8, 4) is 11.1 Å². The van der Waals surface area contributed by atoms with Crippen LogP contribution in [0.3, 0.4) is 0 Å². The van der Waals surface area contributed by atoms with E-state index in [-0.39, 0.29) is 0 Å². The van der Waals surface area contributed by atoms with Crippen molar-refractivity contribution in [1.82, 2.24) is 9.97 Å². The van der Waals surface area contributed by atoms with Gasteiger partial charge in [0, 0.05) is 29.5 Å². The van der Waals surface area contributed by atoms with Gasteiger partial charge in [-0.05, 0) is 47.7 Å². The highest BCUT2D eigenvalue weighted by Gasteiger charge is 2.07. The first-order chi connectivity index (χ1) is 9.15. The maximum Gasteiger partial charge on any atom is 0.123 e. The van der Waals surface area contributed by atoms with E-state index in [1.165, 1.54) is 0 Å². The van der Waals surface area contributed by atoms with Gasteiger partial charge in [-0.2, -0.15) is 0 Å². The zero-order valence-electron chi connectivity index (χ0n) is 10.4. The standard InChI is InChI=1S/C15H12ClN3/c1-9-2-3-18-7-12(9)10-4-11-6-15(17)19-8-13(11)14(16)5-10/h2-8H,1H3,(H2,17,19). The van der Waals surface area contributed by atoms with Crippen LogP contribution in [0, 0.1) is 6.92 Å². The summed E-state index contributed by atoms with van der Waals surface area (Å²) in [5.41, 5.74) is 8.99. The molecule has 2 heterocycles. The van der Waals surface area contributed by atoms with E-state index in [0.717, 1.165) is 27.5 Å². The van der Waals surface area contributed by atoms with Crippen LogP contribution >= 0.6 is 11.6 Å². The maximum absolute atomic E-state index is 6.32. The van der Waals surface area contributed by atoms with E-state index >= 15 is 0 Å². The van der Waals surface area contributed by atoms with E-state index in [1.54, 1.807) is 12.4 Å². The normalized spacial score (nSPS) is 10.8. The van der Waals surface area contributed by atoms with Gasteiger partial charge >= 0.3 is 0 Å². The highest BCUT2D eigenvalue weighted by molar-refractivity contribution is 6.35. The number of aromatic nitrogens is 2. The highest BCUT2D eigenvalue weighted by atomic mass is 35.5. The summed E-state index contributed by atoms with van der Waals surface area (Å²) in [6.07, 6.45) is 5.33. The lowest BCUT2D eigenvalue weighted by Crippen LogP contribution is -1.90. The van der Waals surface area contributed by atoms with Gasteiger partial charge in [-0.3, -0.25) is 4.98 Å². The number of hydrogen-bond donors (Lipinski definition) is 1. The molecular weight excluding hydrogens is 258 g/mol. The molecule has 4 heteroatoms. The number of nitrogens with zero attached hydrogens (tertiary/aromatic N) is 2. The van der Waals surface area contributed by atoms with Crippen molar-refractivity contribution in [2.75, 3.05) is 5.73 Å². The van der Waals surface area contributed by atoms with Crippen molar-refractivity contribution in [1.29, 1.82) is 0 Å². The first kappa shape index (κ1) is 11.9. The Balaban J connectivity index is 2.29. The first-order valence-electron chi connectivity index (χ1n) is 5.91. The van der Waals surface area contributed by atoms with Crippen LogP contribution in [0.1, 0.15) is 5.56 Å². The van der Waals surface area contributed by atoms with Gasteiger partial charge in [-0.1, -0.05) is 11.6 Å². The van der Waals surface area contributed by atoms with Crippen LogP contribution in [0.5, 0.6) is 0 Å². The zero-order valence-corrected chi connectivity index (χ0v) is 11.1. The summed E-state index contributed by atoms with van der Waals surface area (Å²) < 4.78 is 0. The molecule has 0 radical (unpaired) electrons. The van der Waals surface area contributed by atoms with Crippen LogP contribution in [0.4, 0.5) is 5.82 Å². The molecule has 94 valence electrons. The van der Waals surface area contributed by atoms with Crippen molar-refractivity contribution < 1.29 is 0 Å². The molecule has 0 bridgehead atoms. The van der Waals surface area contributed by atoms with Gasteiger partial charge < -0.3 is 5.73 Å². The number of fused-ring (bicyclic) bond motifs is 1. The fraction of sp³-hybridized carbons (Fsp3) is 0.0667. The molecule has 3 rings (SSSR count). The number of halogens is 1. The molecule has 0 aliphatic rings. The summed E-state index contributed by atoms with van der Waals surface area (Å²) in [5, 5.41) is 2.56. The van der Waals surface area contributed by atoms with E-state index < -0.39 is 0 Å². The number of pyridine rings is 2. The quantitative estimate of drug-likeness (QED) is 0.730. The summed E-state index contributed by atoms with van der Waals surface area (Å²) in [7, 11) is 0. The SMILES string of the molecule is Cc1ccncc1-c1cc(Cl)c2cnc(N)cc2c1. The summed E-state index contributed by atoms with van der Waals surface area (Å²) in [6, 6.07) is 7.81. The molecule has 0 fully saturated rings. The minimum atomic E-state index is 0.489. The van der Waals surface area contributed by atoms with Gasteiger partial charge in [-0.15, -0.1) is 0 Å². The Morgan fingerprint density at radius 3 is 2.79 bits per heavy atom. The van der Waals surface area contributed by atoms with Crippen molar-refractivity contribution in [2.24, 2.45) is 0 Å². The number of nitrogens with two attached hydrogens (primary N) is 1. The summed E-state index contributed by atoms with van der Waals surface area (Å²) >= 11 is 6.32. The van der Waals surface area contributed by atoms with E-state index in [2.05, 4.69) is 23.0 Å². The fourth-order valence-electron chi connectivity index (χ4n) is 2.15. The minimum Gasteiger partial charge on any atom is -0.384 e. The lowest BCUT2D eigenvalue weighted by atomic mass is 10.0. The molecule has 0 amide bonds. The Kier molecular flexibility index (Phi) is 2.84. The molecule has 1 aromatic carbocycles. The summed E-state index contributed by atoms with van der Waals surface area (Å²) in [5.74, 6) is 0.489. The predicted molar refractivity (Wildman–Crippen MR) is 79.1 cm³/mol. The molecule has 2 aromatic heterocycles. The van der Waals surface area contributed by atoms with Gasteiger partial charge in [0.05, 0.1) is 5.02 Å². The third-order valence-corrected chi connectivity index (χ3v) is 3.47. The third-order valence-electron chi connectivity index (χ3n) is 3.16. The lowest BCUT2D eigenvalue weighted by molar-refractivity contribution is 1.29. The first-order valence-corrected chi connectivity index (χ1v) is 6.29. The number of nitrogen functional groups attached to an aromatic ring is 1. The molecule has 0 aliphatic carbocycles. The number of rotatable bonds is 1. The van der Waals surface area contributed by atoms with Crippen LogP contribution < -0.4 is 5.73 Å². The molecule has 0 unspecified atom stereocenters. The molecule has 0 saturated heterocycles. The average Bonchev–Trinajstić information content (AvgIpc) is 2.38.